The highest BCUT2D eigenvalue weighted by atomic mass is 16.5. The summed E-state index contributed by atoms with van der Waals surface area (Å²) in [5.74, 6) is 1.34. The van der Waals surface area contributed by atoms with Crippen LogP contribution in [0.5, 0.6) is 5.75 Å². The van der Waals surface area contributed by atoms with Crippen molar-refractivity contribution in [1.82, 2.24) is 9.80 Å². The molecule has 2 fully saturated rings. The van der Waals surface area contributed by atoms with E-state index in [4.69, 9.17) is 4.74 Å². The number of methoxy groups -OCH3 is 1. The molecular formula is C20H29N3O3. The van der Waals surface area contributed by atoms with E-state index in [1.807, 2.05) is 34.1 Å². The van der Waals surface area contributed by atoms with E-state index < -0.39 is 0 Å². The van der Waals surface area contributed by atoms with Crippen molar-refractivity contribution in [2.75, 3.05) is 38.6 Å². The van der Waals surface area contributed by atoms with Gasteiger partial charge < -0.3 is 19.9 Å². The highest BCUT2D eigenvalue weighted by Gasteiger charge is 2.26. The van der Waals surface area contributed by atoms with Crippen molar-refractivity contribution in [2.45, 2.75) is 38.5 Å². The molecule has 142 valence electrons. The van der Waals surface area contributed by atoms with E-state index in [-0.39, 0.29) is 6.03 Å². The van der Waals surface area contributed by atoms with Gasteiger partial charge in [0.2, 0.25) is 5.91 Å². The molecular weight excluding hydrogens is 330 g/mol. The van der Waals surface area contributed by atoms with Crippen LogP contribution in [-0.4, -0.2) is 55.0 Å². The Morgan fingerprint density at radius 3 is 2.42 bits per heavy atom. The van der Waals surface area contributed by atoms with Crippen LogP contribution < -0.4 is 10.1 Å². The number of carbonyl (C=O) groups excluding carboxylic acids is 2. The Bertz CT molecular complexity index is 620. The number of nitrogens with one attached hydrogen (secondary N) is 1. The second kappa shape index (κ2) is 8.92. The zero-order chi connectivity index (χ0) is 18.4. The Labute approximate surface area is 155 Å². The molecule has 0 aromatic heterocycles. The highest BCUT2D eigenvalue weighted by molar-refractivity contribution is 5.91. The number of para-hydroxylation sites is 2. The molecule has 0 unspecified atom stereocenters. The molecule has 0 spiro atoms. The summed E-state index contributed by atoms with van der Waals surface area (Å²) >= 11 is 0. The van der Waals surface area contributed by atoms with Crippen molar-refractivity contribution < 1.29 is 14.3 Å². The maximum absolute atomic E-state index is 12.5. The van der Waals surface area contributed by atoms with Gasteiger partial charge in [0.05, 0.1) is 12.8 Å². The third-order valence-corrected chi connectivity index (χ3v) is 5.42. The third kappa shape index (κ3) is 4.68. The van der Waals surface area contributed by atoms with E-state index >= 15 is 0 Å². The van der Waals surface area contributed by atoms with Crippen LogP contribution in [0.15, 0.2) is 24.3 Å². The molecule has 0 bridgehead atoms. The van der Waals surface area contributed by atoms with Crippen LogP contribution >= 0.6 is 0 Å². The van der Waals surface area contributed by atoms with Crippen molar-refractivity contribution in [3.8, 4) is 5.75 Å². The van der Waals surface area contributed by atoms with E-state index in [1.165, 1.54) is 6.42 Å². The molecule has 6 heteroatoms. The first kappa shape index (κ1) is 18.5. The van der Waals surface area contributed by atoms with Gasteiger partial charge in [-0.05, 0) is 50.2 Å². The fraction of sp³-hybridized carbons (Fsp3) is 0.600. The smallest absolute Gasteiger partial charge is 0.321 e. The monoisotopic (exact) mass is 359 g/mol. The quantitative estimate of drug-likeness (QED) is 0.897. The summed E-state index contributed by atoms with van der Waals surface area (Å²) in [7, 11) is 1.59. The molecule has 0 aliphatic carbocycles. The first-order valence-electron chi connectivity index (χ1n) is 9.64. The molecule has 2 aliphatic heterocycles. The minimum atomic E-state index is -0.102. The van der Waals surface area contributed by atoms with Gasteiger partial charge in [-0.25, -0.2) is 4.79 Å². The minimum absolute atomic E-state index is 0.102. The zero-order valence-electron chi connectivity index (χ0n) is 15.6. The first-order valence-corrected chi connectivity index (χ1v) is 9.64. The number of carbonyl (C=O) groups is 2. The molecule has 3 amide bonds. The predicted octanol–water partition coefficient (Wildman–Crippen LogP) is 3.34. The summed E-state index contributed by atoms with van der Waals surface area (Å²) in [6.07, 6.45) is 5.91. The summed E-state index contributed by atoms with van der Waals surface area (Å²) in [6.45, 7) is 3.22. The largest absolute Gasteiger partial charge is 0.495 e. The molecule has 6 nitrogen and oxygen atoms in total. The van der Waals surface area contributed by atoms with E-state index in [0.29, 0.717) is 42.8 Å². The summed E-state index contributed by atoms with van der Waals surface area (Å²) in [5, 5.41) is 2.93. The number of rotatable bonds is 4. The number of benzene rings is 1. The molecule has 3 rings (SSSR count). The minimum Gasteiger partial charge on any atom is -0.495 e. The maximum atomic E-state index is 12.5. The number of hydrogen-bond acceptors (Lipinski definition) is 3. The second-order valence-electron chi connectivity index (χ2n) is 7.21. The van der Waals surface area contributed by atoms with Crippen LogP contribution in [0.2, 0.25) is 0 Å². The predicted molar refractivity (Wildman–Crippen MR) is 101 cm³/mol. The van der Waals surface area contributed by atoms with Crippen LogP contribution in [0.4, 0.5) is 10.5 Å². The Morgan fingerprint density at radius 1 is 1.04 bits per heavy atom. The molecule has 1 aromatic rings. The number of hydrogen-bond donors (Lipinski definition) is 1. The average Bonchev–Trinajstić information content (AvgIpc) is 2.69. The van der Waals surface area contributed by atoms with Gasteiger partial charge in [0.25, 0.3) is 0 Å². The van der Waals surface area contributed by atoms with E-state index in [1.54, 1.807) is 7.11 Å². The van der Waals surface area contributed by atoms with Gasteiger partial charge in [0.1, 0.15) is 5.75 Å². The SMILES string of the molecule is COc1ccccc1NC(=O)N1CCC(CC(=O)N2CCCCC2)CC1. The Hall–Kier alpha value is -2.24. The summed E-state index contributed by atoms with van der Waals surface area (Å²) in [4.78, 5) is 28.8. The third-order valence-electron chi connectivity index (χ3n) is 5.42. The normalized spacial score (nSPS) is 18.5. The lowest BCUT2D eigenvalue weighted by atomic mass is 9.93. The fourth-order valence-corrected chi connectivity index (χ4v) is 3.80. The number of piperidine rings is 2. The molecule has 2 heterocycles. The number of anilines is 1. The van der Waals surface area contributed by atoms with Crippen LogP contribution in [0, 0.1) is 5.92 Å². The van der Waals surface area contributed by atoms with Gasteiger partial charge in [-0.2, -0.15) is 0 Å². The van der Waals surface area contributed by atoms with Crippen molar-refractivity contribution in [1.29, 1.82) is 0 Å². The molecule has 0 atom stereocenters. The summed E-state index contributed by atoms with van der Waals surface area (Å²) < 4.78 is 5.28. The van der Waals surface area contributed by atoms with Crippen molar-refractivity contribution in [3.63, 3.8) is 0 Å². The molecule has 0 radical (unpaired) electrons. The fourth-order valence-electron chi connectivity index (χ4n) is 3.80. The van der Waals surface area contributed by atoms with Gasteiger partial charge in [-0.3, -0.25) is 4.79 Å². The van der Waals surface area contributed by atoms with E-state index in [9.17, 15) is 9.59 Å². The number of likely N-dealkylation sites (tertiary alicyclic amines) is 2. The summed E-state index contributed by atoms with van der Waals surface area (Å²) in [5.41, 5.74) is 0.683. The van der Waals surface area contributed by atoms with Crippen LogP contribution in [0.1, 0.15) is 38.5 Å². The van der Waals surface area contributed by atoms with Gasteiger partial charge in [-0.15, -0.1) is 0 Å². The topological polar surface area (TPSA) is 61.9 Å². The number of nitrogens with zero attached hydrogens (tertiary/aromatic N) is 2. The second-order valence-corrected chi connectivity index (χ2v) is 7.21. The lowest BCUT2D eigenvalue weighted by molar-refractivity contribution is -0.133. The lowest BCUT2D eigenvalue weighted by Crippen LogP contribution is -2.42. The highest BCUT2D eigenvalue weighted by Crippen LogP contribution is 2.26. The van der Waals surface area contributed by atoms with E-state index in [2.05, 4.69) is 5.32 Å². The Kier molecular flexibility index (Phi) is 6.36. The first-order chi connectivity index (χ1) is 12.7. The average molecular weight is 359 g/mol. The van der Waals surface area contributed by atoms with Gasteiger partial charge in [0.15, 0.2) is 0 Å². The van der Waals surface area contributed by atoms with E-state index in [0.717, 1.165) is 38.8 Å². The Balaban J connectivity index is 1.45. The standard InChI is InChI=1S/C20H29N3O3/c1-26-18-8-4-3-7-17(18)21-20(25)23-13-9-16(10-14-23)15-19(24)22-11-5-2-6-12-22/h3-4,7-8,16H,2,5-6,9-15H2,1H3,(H,21,25). The maximum Gasteiger partial charge on any atom is 0.321 e. The Morgan fingerprint density at radius 2 is 1.73 bits per heavy atom. The number of amides is 3. The summed E-state index contributed by atoms with van der Waals surface area (Å²) in [6, 6.07) is 7.31. The molecule has 2 saturated heterocycles. The van der Waals surface area contributed by atoms with Gasteiger partial charge in [-0.1, -0.05) is 12.1 Å². The zero-order valence-corrected chi connectivity index (χ0v) is 15.6. The lowest BCUT2D eigenvalue weighted by Gasteiger charge is -2.33. The number of urea groups is 1. The number of ether oxygens (including phenoxy) is 1. The van der Waals surface area contributed by atoms with Crippen molar-refractivity contribution >= 4 is 17.6 Å². The molecule has 1 aromatic carbocycles. The molecule has 26 heavy (non-hydrogen) atoms. The molecule has 0 saturated carbocycles. The van der Waals surface area contributed by atoms with Crippen LogP contribution in [-0.2, 0) is 4.79 Å². The molecule has 2 aliphatic rings. The van der Waals surface area contributed by atoms with Crippen LogP contribution in [0.25, 0.3) is 0 Å². The van der Waals surface area contributed by atoms with Gasteiger partial charge >= 0.3 is 6.03 Å². The van der Waals surface area contributed by atoms with Crippen molar-refractivity contribution in [3.05, 3.63) is 24.3 Å². The molecule has 1 N–H and O–H groups in total. The van der Waals surface area contributed by atoms with Crippen molar-refractivity contribution in [2.24, 2.45) is 5.92 Å². The van der Waals surface area contributed by atoms with Gasteiger partial charge in [0, 0.05) is 32.6 Å². The van der Waals surface area contributed by atoms with Crippen LogP contribution in [0.3, 0.4) is 0 Å².